The van der Waals surface area contributed by atoms with Crippen LogP contribution in [-0.2, 0) is 13.6 Å². The van der Waals surface area contributed by atoms with Crippen molar-refractivity contribution in [1.82, 2.24) is 25.4 Å². The first kappa shape index (κ1) is 20.2. The minimum absolute atomic E-state index is 0.538. The molecule has 1 aromatic rings. The maximum Gasteiger partial charge on any atom is 0.192 e. The number of guanidine groups is 1. The maximum atomic E-state index is 4.88. The predicted octanol–water partition coefficient (Wildman–Crippen LogP) is 3.71. The molecule has 2 saturated carbocycles. The lowest BCUT2D eigenvalue weighted by atomic mass is 9.80. The second-order valence-electron chi connectivity index (χ2n) is 8.87. The minimum Gasteiger partial charge on any atom is -0.354 e. The number of nitrogens with one attached hydrogen (secondary N) is 2. The summed E-state index contributed by atoms with van der Waals surface area (Å²) in [5, 5.41) is 15.9. The molecular weight excluding hydrogens is 336 g/mol. The van der Waals surface area contributed by atoms with Gasteiger partial charge in [-0.2, -0.15) is 0 Å². The van der Waals surface area contributed by atoms with E-state index in [2.05, 4.69) is 34.7 Å². The number of hydrogen-bond acceptors (Lipinski definition) is 3. The normalized spacial score (nSPS) is 25.0. The number of nitrogens with zero attached hydrogens (tertiary/aromatic N) is 4. The first-order chi connectivity index (χ1) is 13.0. The van der Waals surface area contributed by atoms with Crippen LogP contribution < -0.4 is 10.6 Å². The molecule has 0 spiro atoms. The topological polar surface area (TPSA) is 67.1 Å². The molecule has 1 aromatic heterocycles. The van der Waals surface area contributed by atoms with Crippen molar-refractivity contribution in [3.8, 4) is 0 Å². The molecule has 0 bridgehead atoms. The maximum absolute atomic E-state index is 4.88. The molecule has 0 radical (unpaired) electrons. The van der Waals surface area contributed by atoms with Crippen LogP contribution in [0.5, 0.6) is 0 Å². The van der Waals surface area contributed by atoms with Crippen LogP contribution in [0, 0.1) is 18.8 Å². The molecule has 2 aliphatic carbocycles. The number of hydrogen-bond donors (Lipinski definition) is 2. The fraction of sp³-hybridized carbons (Fsp3) is 0.857. The molecule has 2 fully saturated rings. The molecule has 6 heteroatoms. The lowest BCUT2D eigenvalue weighted by Gasteiger charge is -2.33. The van der Waals surface area contributed by atoms with E-state index in [1.54, 1.807) is 0 Å². The molecule has 2 N–H and O–H groups in total. The van der Waals surface area contributed by atoms with Crippen molar-refractivity contribution in [2.24, 2.45) is 23.9 Å². The van der Waals surface area contributed by atoms with E-state index in [9.17, 15) is 0 Å². The summed E-state index contributed by atoms with van der Waals surface area (Å²) in [6, 6.07) is 1.09. The van der Waals surface area contributed by atoms with Crippen molar-refractivity contribution in [1.29, 1.82) is 0 Å². The van der Waals surface area contributed by atoms with Gasteiger partial charge in [0.2, 0.25) is 0 Å². The second-order valence-corrected chi connectivity index (χ2v) is 8.87. The van der Waals surface area contributed by atoms with Crippen molar-refractivity contribution in [2.45, 2.75) is 97.2 Å². The Morgan fingerprint density at radius 3 is 2.19 bits per heavy atom. The van der Waals surface area contributed by atoms with Gasteiger partial charge in [0.15, 0.2) is 11.8 Å². The first-order valence-corrected chi connectivity index (χ1v) is 10.9. The average molecular weight is 375 g/mol. The highest BCUT2D eigenvalue weighted by atomic mass is 15.3. The van der Waals surface area contributed by atoms with Crippen LogP contribution >= 0.6 is 0 Å². The second kappa shape index (κ2) is 9.56. The molecule has 2 aliphatic rings. The lowest BCUT2D eigenvalue weighted by molar-refractivity contribution is 0.249. The highest BCUT2D eigenvalue weighted by Gasteiger charge is 2.24. The Labute approximate surface area is 164 Å². The van der Waals surface area contributed by atoms with Crippen molar-refractivity contribution < 1.29 is 0 Å². The Hall–Kier alpha value is -1.59. The zero-order valence-electron chi connectivity index (χ0n) is 17.7. The van der Waals surface area contributed by atoms with E-state index in [1.807, 2.05) is 18.5 Å². The van der Waals surface area contributed by atoms with Gasteiger partial charge in [-0.15, -0.1) is 10.2 Å². The zero-order valence-corrected chi connectivity index (χ0v) is 17.7. The van der Waals surface area contributed by atoms with Gasteiger partial charge in [0.1, 0.15) is 12.4 Å². The van der Waals surface area contributed by atoms with Crippen LogP contribution in [0.3, 0.4) is 0 Å². The molecule has 1 heterocycles. The highest BCUT2D eigenvalue weighted by molar-refractivity contribution is 5.80. The molecule has 0 saturated heterocycles. The third-order valence-electron chi connectivity index (χ3n) is 6.56. The molecule has 0 aromatic carbocycles. The Morgan fingerprint density at radius 1 is 1.00 bits per heavy atom. The van der Waals surface area contributed by atoms with E-state index in [1.165, 1.54) is 57.8 Å². The van der Waals surface area contributed by atoms with E-state index in [-0.39, 0.29) is 0 Å². The molecule has 0 aliphatic heterocycles. The van der Waals surface area contributed by atoms with Gasteiger partial charge in [-0.3, -0.25) is 0 Å². The molecule has 0 amide bonds. The fourth-order valence-corrected chi connectivity index (χ4v) is 4.44. The summed E-state index contributed by atoms with van der Waals surface area (Å²) in [5.41, 5.74) is 0. The third-order valence-corrected chi connectivity index (χ3v) is 6.56. The smallest absolute Gasteiger partial charge is 0.192 e. The van der Waals surface area contributed by atoms with E-state index in [0.717, 1.165) is 29.4 Å². The summed E-state index contributed by atoms with van der Waals surface area (Å²) in [7, 11) is 2.01. The van der Waals surface area contributed by atoms with Gasteiger partial charge in [0.25, 0.3) is 0 Å². The summed E-state index contributed by atoms with van der Waals surface area (Å²) in [5.74, 6) is 4.51. The van der Waals surface area contributed by atoms with Crippen LogP contribution in [0.15, 0.2) is 4.99 Å². The van der Waals surface area contributed by atoms with Crippen LogP contribution in [-0.4, -0.2) is 32.8 Å². The summed E-state index contributed by atoms with van der Waals surface area (Å²) < 4.78 is 2.02. The predicted molar refractivity (Wildman–Crippen MR) is 111 cm³/mol. The number of aryl methyl sites for hydroxylation is 1. The molecular formula is C21H38N6. The largest absolute Gasteiger partial charge is 0.354 e. The molecule has 0 unspecified atom stereocenters. The third kappa shape index (κ3) is 5.69. The van der Waals surface area contributed by atoms with E-state index < -0.39 is 0 Å². The summed E-state index contributed by atoms with van der Waals surface area (Å²) in [4.78, 5) is 4.88. The Balaban J connectivity index is 1.62. The van der Waals surface area contributed by atoms with Crippen LogP contribution in [0.1, 0.15) is 83.3 Å². The zero-order chi connectivity index (χ0) is 19.2. The molecule has 152 valence electrons. The van der Waals surface area contributed by atoms with Crippen LogP contribution in [0.4, 0.5) is 0 Å². The SMILES string of the molecule is Cc1nnc(CN=C(NC2CCCCC2)NC2CCC(C(C)C)CC2)n1C. The monoisotopic (exact) mass is 374 g/mol. The molecule has 6 nitrogen and oxygen atoms in total. The van der Waals surface area contributed by atoms with Crippen molar-refractivity contribution in [3.63, 3.8) is 0 Å². The summed E-state index contributed by atoms with van der Waals surface area (Å²) >= 11 is 0. The summed E-state index contributed by atoms with van der Waals surface area (Å²) in [6.07, 6.45) is 11.7. The van der Waals surface area contributed by atoms with Crippen molar-refractivity contribution >= 4 is 5.96 Å². The Bertz CT molecular complexity index is 606. The van der Waals surface area contributed by atoms with E-state index >= 15 is 0 Å². The Morgan fingerprint density at radius 2 is 1.63 bits per heavy atom. The van der Waals surface area contributed by atoms with Crippen LogP contribution in [0.25, 0.3) is 0 Å². The lowest BCUT2D eigenvalue weighted by Crippen LogP contribution is -2.49. The highest BCUT2D eigenvalue weighted by Crippen LogP contribution is 2.29. The first-order valence-electron chi connectivity index (χ1n) is 10.9. The molecule has 0 atom stereocenters. The van der Waals surface area contributed by atoms with Gasteiger partial charge in [-0.05, 0) is 57.3 Å². The van der Waals surface area contributed by atoms with Gasteiger partial charge >= 0.3 is 0 Å². The average Bonchev–Trinajstić information content (AvgIpc) is 2.99. The molecule has 3 rings (SSSR count). The van der Waals surface area contributed by atoms with E-state index in [0.29, 0.717) is 18.6 Å². The fourth-order valence-electron chi connectivity index (χ4n) is 4.44. The van der Waals surface area contributed by atoms with Gasteiger partial charge in [-0.1, -0.05) is 33.1 Å². The van der Waals surface area contributed by atoms with Gasteiger partial charge in [0.05, 0.1) is 0 Å². The number of aromatic nitrogens is 3. The van der Waals surface area contributed by atoms with Gasteiger partial charge < -0.3 is 15.2 Å². The van der Waals surface area contributed by atoms with Crippen LogP contribution in [0.2, 0.25) is 0 Å². The number of aliphatic imine (C=N–C) groups is 1. The minimum atomic E-state index is 0.538. The molecule has 27 heavy (non-hydrogen) atoms. The Kier molecular flexibility index (Phi) is 7.13. The van der Waals surface area contributed by atoms with Crippen molar-refractivity contribution in [3.05, 3.63) is 11.6 Å². The van der Waals surface area contributed by atoms with E-state index in [4.69, 9.17) is 4.99 Å². The standard InChI is InChI=1S/C21H38N6/c1-15(2)17-10-12-19(13-11-17)24-21(23-18-8-6-5-7-9-18)22-14-20-26-25-16(3)27(20)4/h15,17-19H,5-14H2,1-4H3,(H2,22,23,24). The van der Waals surface area contributed by atoms with Gasteiger partial charge in [-0.25, -0.2) is 4.99 Å². The van der Waals surface area contributed by atoms with Gasteiger partial charge in [0, 0.05) is 19.1 Å². The quantitative estimate of drug-likeness (QED) is 0.609. The number of rotatable bonds is 5. The summed E-state index contributed by atoms with van der Waals surface area (Å²) in [6.45, 7) is 7.27. The van der Waals surface area contributed by atoms with Crippen molar-refractivity contribution in [2.75, 3.05) is 0 Å².